The lowest BCUT2D eigenvalue weighted by atomic mass is 10.1. The predicted molar refractivity (Wildman–Crippen MR) is 154 cm³/mol. The number of hydrogen-bond donors (Lipinski definition) is 1. The summed E-state index contributed by atoms with van der Waals surface area (Å²) < 4.78 is 16.4. The number of anilines is 2. The van der Waals surface area contributed by atoms with E-state index in [1.165, 1.54) is 34.3 Å². The average Bonchev–Trinajstić information content (AvgIpc) is 2.99. The topological polar surface area (TPSA) is 97.4 Å². The Morgan fingerprint density at radius 3 is 2.08 bits per heavy atom. The summed E-state index contributed by atoms with van der Waals surface area (Å²) in [6, 6.07) is 19.8. The van der Waals surface area contributed by atoms with Crippen LogP contribution < -0.4 is 24.4 Å². The van der Waals surface area contributed by atoms with E-state index in [9.17, 15) is 14.4 Å². The second-order valence-corrected chi connectivity index (χ2v) is 9.21. The minimum absolute atomic E-state index is 0.0142. The Morgan fingerprint density at radius 1 is 0.825 bits per heavy atom. The lowest BCUT2D eigenvalue weighted by Gasteiger charge is -2.36. The Hall–Kier alpha value is -4.79. The van der Waals surface area contributed by atoms with Crippen molar-refractivity contribution in [3.63, 3.8) is 0 Å². The second-order valence-electron chi connectivity index (χ2n) is 9.21. The van der Waals surface area contributed by atoms with Crippen molar-refractivity contribution >= 4 is 35.0 Å². The van der Waals surface area contributed by atoms with Crippen molar-refractivity contribution in [1.82, 2.24) is 4.90 Å². The van der Waals surface area contributed by atoms with E-state index < -0.39 is 11.8 Å². The van der Waals surface area contributed by atoms with Gasteiger partial charge in [0.1, 0.15) is 11.3 Å². The molecule has 1 fully saturated rings. The molecule has 1 saturated heterocycles. The van der Waals surface area contributed by atoms with Crippen molar-refractivity contribution in [2.24, 2.45) is 0 Å². The summed E-state index contributed by atoms with van der Waals surface area (Å²) in [4.78, 5) is 42.8. The molecule has 1 heterocycles. The third-order valence-corrected chi connectivity index (χ3v) is 6.73. The zero-order valence-corrected chi connectivity index (χ0v) is 23.1. The number of methoxy groups -OCH3 is 3. The minimum Gasteiger partial charge on any atom is -0.497 e. The summed E-state index contributed by atoms with van der Waals surface area (Å²) in [5, 5.41) is 2.83. The SMILES string of the molecule is COc1cc(/C=C(\C(=O)Nc2ccccc2)C(=O)N2CCN(c3ccc(C(C)=O)cc3)CC2)c(OC)c(OC)c1. The molecule has 0 atom stereocenters. The van der Waals surface area contributed by atoms with Crippen LogP contribution >= 0.6 is 0 Å². The fraction of sp³-hybridized carbons (Fsp3) is 0.258. The highest BCUT2D eigenvalue weighted by Gasteiger charge is 2.28. The first-order valence-corrected chi connectivity index (χ1v) is 12.9. The lowest BCUT2D eigenvalue weighted by molar-refractivity contribution is -0.129. The van der Waals surface area contributed by atoms with E-state index in [4.69, 9.17) is 14.2 Å². The Kier molecular flexibility index (Phi) is 9.06. The number of carbonyl (C=O) groups excluding carboxylic acids is 3. The van der Waals surface area contributed by atoms with Crippen LogP contribution in [0.15, 0.2) is 72.3 Å². The van der Waals surface area contributed by atoms with Gasteiger partial charge in [-0.25, -0.2) is 0 Å². The predicted octanol–water partition coefficient (Wildman–Crippen LogP) is 4.29. The second kappa shape index (κ2) is 12.8. The molecule has 3 aromatic rings. The smallest absolute Gasteiger partial charge is 0.261 e. The Bertz CT molecular complexity index is 1390. The fourth-order valence-electron chi connectivity index (χ4n) is 4.54. The van der Waals surface area contributed by atoms with E-state index in [0.29, 0.717) is 60.2 Å². The number of nitrogens with one attached hydrogen (secondary N) is 1. The van der Waals surface area contributed by atoms with E-state index in [0.717, 1.165) is 5.69 Å². The molecule has 0 radical (unpaired) electrons. The number of piperazine rings is 1. The van der Waals surface area contributed by atoms with Gasteiger partial charge in [0.15, 0.2) is 17.3 Å². The standard InChI is InChI=1S/C31H33N3O6/c1-21(35)22-10-12-25(13-11-22)33-14-16-34(17-15-33)31(37)27(30(36)32-24-8-6-5-7-9-24)19-23-18-26(38-2)20-28(39-3)29(23)40-4/h5-13,18-20H,14-17H2,1-4H3,(H,32,36)/b27-19+. The molecule has 40 heavy (non-hydrogen) atoms. The molecule has 0 aliphatic carbocycles. The van der Waals surface area contributed by atoms with Gasteiger partial charge in [-0.05, 0) is 55.5 Å². The van der Waals surface area contributed by atoms with Crippen LogP contribution in [0.25, 0.3) is 6.08 Å². The van der Waals surface area contributed by atoms with Gasteiger partial charge in [0, 0.05) is 54.7 Å². The molecular formula is C31H33N3O6. The van der Waals surface area contributed by atoms with Crippen LogP contribution in [0.2, 0.25) is 0 Å². The number of benzene rings is 3. The summed E-state index contributed by atoms with van der Waals surface area (Å²) in [7, 11) is 4.53. The van der Waals surface area contributed by atoms with Crippen LogP contribution in [0.4, 0.5) is 11.4 Å². The van der Waals surface area contributed by atoms with Crippen LogP contribution in [0.3, 0.4) is 0 Å². The maximum atomic E-state index is 13.8. The minimum atomic E-state index is -0.540. The van der Waals surface area contributed by atoms with Crippen molar-refractivity contribution in [1.29, 1.82) is 0 Å². The molecule has 1 N–H and O–H groups in total. The molecular weight excluding hydrogens is 510 g/mol. The van der Waals surface area contributed by atoms with Crippen molar-refractivity contribution in [2.45, 2.75) is 6.92 Å². The molecule has 0 unspecified atom stereocenters. The molecule has 208 valence electrons. The number of Topliss-reactive ketones (excluding diaryl/α,β-unsaturated/α-hetero) is 1. The van der Waals surface area contributed by atoms with E-state index in [2.05, 4.69) is 10.2 Å². The van der Waals surface area contributed by atoms with Crippen molar-refractivity contribution in [3.05, 3.63) is 83.4 Å². The molecule has 0 aromatic heterocycles. The number of rotatable bonds is 9. The van der Waals surface area contributed by atoms with E-state index >= 15 is 0 Å². The highest BCUT2D eigenvalue weighted by Crippen LogP contribution is 2.37. The Morgan fingerprint density at radius 2 is 1.50 bits per heavy atom. The monoisotopic (exact) mass is 543 g/mol. The van der Waals surface area contributed by atoms with Gasteiger partial charge in [-0.3, -0.25) is 14.4 Å². The van der Waals surface area contributed by atoms with Gasteiger partial charge in [-0.1, -0.05) is 18.2 Å². The molecule has 0 bridgehead atoms. The highest BCUT2D eigenvalue weighted by molar-refractivity contribution is 6.25. The molecule has 0 saturated carbocycles. The van der Waals surface area contributed by atoms with Gasteiger partial charge in [-0.2, -0.15) is 0 Å². The zero-order chi connectivity index (χ0) is 28.6. The number of ketones is 1. The molecule has 0 spiro atoms. The largest absolute Gasteiger partial charge is 0.497 e. The molecule has 9 heteroatoms. The number of ether oxygens (including phenoxy) is 3. The van der Waals surface area contributed by atoms with Gasteiger partial charge < -0.3 is 29.3 Å². The van der Waals surface area contributed by atoms with Gasteiger partial charge in [0.2, 0.25) is 0 Å². The summed E-state index contributed by atoms with van der Waals surface area (Å²) in [5.74, 6) is 0.350. The highest BCUT2D eigenvalue weighted by atomic mass is 16.5. The number of amides is 2. The molecule has 4 rings (SSSR count). The first kappa shape index (κ1) is 28.2. The van der Waals surface area contributed by atoms with E-state index in [1.54, 1.807) is 53.4 Å². The van der Waals surface area contributed by atoms with Crippen LogP contribution in [-0.4, -0.2) is 70.0 Å². The first-order chi connectivity index (χ1) is 19.3. The third-order valence-electron chi connectivity index (χ3n) is 6.73. The summed E-state index contributed by atoms with van der Waals surface area (Å²) in [6.45, 7) is 3.53. The van der Waals surface area contributed by atoms with Gasteiger partial charge in [-0.15, -0.1) is 0 Å². The van der Waals surface area contributed by atoms with Gasteiger partial charge in [0.25, 0.3) is 11.8 Å². The molecule has 9 nitrogen and oxygen atoms in total. The van der Waals surface area contributed by atoms with Crippen molar-refractivity contribution in [3.8, 4) is 17.2 Å². The molecule has 2 amide bonds. The van der Waals surface area contributed by atoms with E-state index in [-0.39, 0.29) is 11.4 Å². The molecule has 3 aromatic carbocycles. The van der Waals surface area contributed by atoms with E-state index in [1.807, 2.05) is 18.2 Å². The first-order valence-electron chi connectivity index (χ1n) is 12.9. The molecule has 1 aliphatic rings. The summed E-state index contributed by atoms with van der Waals surface area (Å²) >= 11 is 0. The van der Waals surface area contributed by atoms with Crippen molar-refractivity contribution < 1.29 is 28.6 Å². The maximum Gasteiger partial charge on any atom is 0.261 e. The number of carbonyl (C=O) groups is 3. The fourth-order valence-corrected chi connectivity index (χ4v) is 4.54. The normalized spacial score (nSPS) is 13.4. The summed E-state index contributed by atoms with van der Waals surface area (Å²) in [6.07, 6.45) is 1.51. The summed E-state index contributed by atoms with van der Waals surface area (Å²) in [5.41, 5.74) is 2.62. The van der Waals surface area contributed by atoms with Gasteiger partial charge in [0.05, 0.1) is 21.3 Å². The average molecular weight is 544 g/mol. The number of nitrogens with zero attached hydrogens (tertiary/aromatic N) is 2. The lowest BCUT2D eigenvalue weighted by Crippen LogP contribution is -2.50. The van der Waals surface area contributed by atoms with Crippen molar-refractivity contribution in [2.75, 3.05) is 57.7 Å². The van der Waals surface area contributed by atoms with Crippen LogP contribution in [0.5, 0.6) is 17.2 Å². The third kappa shape index (κ3) is 6.43. The zero-order valence-electron chi connectivity index (χ0n) is 23.1. The molecule has 1 aliphatic heterocycles. The van der Waals surface area contributed by atoms with Gasteiger partial charge >= 0.3 is 0 Å². The Balaban J connectivity index is 1.62. The maximum absolute atomic E-state index is 13.8. The quantitative estimate of drug-likeness (QED) is 0.186. The number of para-hydroxylation sites is 1. The Labute approximate surface area is 233 Å². The van der Waals surface area contributed by atoms with Crippen LogP contribution in [0.1, 0.15) is 22.8 Å². The van der Waals surface area contributed by atoms with Crippen LogP contribution in [-0.2, 0) is 9.59 Å². The number of hydrogen-bond acceptors (Lipinski definition) is 7. The van der Waals surface area contributed by atoms with Crippen LogP contribution in [0, 0.1) is 0 Å².